The van der Waals surface area contributed by atoms with Crippen LogP contribution in [0, 0.1) is 0 Å². The Balaban J connectivity index is 1.72. The summed E-state index contributed by atoms with van der Waals surface area (Å²) in [6.45, 7) is 4.65. The Kier molecular flexibility index (Phi) is 4.17. The van der Waals surface area contributed by atoms with Crippen LogP contribution in [0.1, 0.15) is 37.1 Å². The van der Waals surface area contributed by atoms with Gasteiger partial charge in [0.25, 0.3) is 0 Å². The first-order chi connectivity index (χ1) is 10.1. The van der Waals surface area contributed by atoms with E-state index < -0.39 is 0 Å². The molecule has 0 fully saturated rings. The molecule has 2 atom stereocenters. The van der Waals surface area contributed by atoms with Gasteiger partial charge in [-0.15, -0.1) is 0 Å². The van der Waals surface area contributed by atoms with Crippen LogP contribution in [0.25, 0.3) is 0 Å². The molecule has 3 nitrogen and oxygen atoms in total. The van der Waals surface area contributed by atoms with Crippen molar-refractivity contribution in [1.82, 2.24) is 5.32 Å². The fourth-order valence-corrected chi connectivity index (χ4v) is 2.94. The van der Waals surface area contributed by atoms with Gasteiger partial charge in [0, 0.05) is 16.6 Å². The third kappa shape index (κ3) is 3.22. The predicted molar refractivity (Wildman–Crippen MR) is 86.7 cm³/mol. The lowest BCUT2D eigenvalue weighted by Gasteiger charge is -2.21. The van der Waals surface area contributed by atoms with E-state index in [0.717, 1.165) is 16.0 Å². The van der Waals surface area contributed by atoms with E-state index in [1.165, 1.54) is 11.1 Å². The van der Waals surface area contributed by atoms with Gasteiger partial charge in [-0.25, -0.2) is 0 Å². The highest BCUT2D eigenvalue weighted by atomic mass is 79.9. The van der Waals surface area contributed by atoms with Gasteiger partial charge in [-0.3, -0.25) is 0 Å². The number of rotatable bonds is 4. The lowest BCUT2D eigenvalue weighted by atomic mass is 10.0. The number of nitrogens with one attached hydrogen (secondary N) is 1. The van der Waals surface area contributed by atoms with Crippen LogP contribution in [-0.2, 0) is 0 Å². The maximum absolute atomic E-state index is 5.44. The number of fused-ring (bicyclic) bond motifs is 1. The maximum Gasteiger partial charge on any atom is 0.231 e. The van der Waals surface area contributed by atoms with Crippen molar-refractivity contribution in [3.8, 4) is 11.5 Å². The zero-order valence-electron chi connectivity index (χ0n) is 12.1. The van der Waals surface area contributed by atoms with Crippen LogP contribution >= 0.6 is 15.9 Å². The first-order valence-electron chi connectivity index (χ1n) is 7.04. The van der Waals surface area contributed by atoms with Gasteiger partial charge in [0.05, 0.1) is 0 Å². The van der Waals surface area contributed by atoms with Gasteiger partial charge in [-0.1, -0.05) is 34.1 Å². The van der Waals surface area contributed by atoms with Gasteiger partial charge in [-0.05, 0) is 49.2 Å². The molecule has 1 heterocycles. The molecule has 2 aromatic rings. The van der Waals surface area contributed by atoms with Crippen molar-refractivity contribution in [1.29, 1.82) is 0 Å². The summed E-state index contributed by atoms with van der Waals surface area (Å²) in [6.07, 6.45) is 0. The van der Waals surface area contributed by atoms with Crippen LogP contribution in [0.5, 0.6) is 11.5 Å². The smallest absolute Gasteiger partial charge is 0.231 e. The van der Waals surface area contributed by atoms with Crippen LogP contribution in [0.15, 0.2) is 46.9 Å². The summed E-state index contributed by atoms with van der Waals surface area (Å²) in [7, 11) is 0. The second-order valence-electron chi connectivity index (χ2n) is 5.28. The molecule has 1 unspecified atom stereocenters. The molecule has 21 heavy (non-hydrogen) atoms. The van der Waals surface area contributed by atoms with Crippen LogP contribution in [0.2, 0.25) is 0 Å². The van der Waals surface area contributed by atoms with E-state index in [9.17, 15) is 0 Å². The number of benzene rings is 2. The highest BCUT2D eigenvalue weighted by molar-refractivity contribution is 9.10. The highest BCUT2D eigenvalue weighted by Gasteiger charge is 2.17. The summed E-state index contributed by atoms with van der Waals surface area (Å²) in [5, 5.41) is 3.61. The molecule has 0 aliphatic carbocycles. The molecular formula is C17H18BrNO2. The average molecular weight is 348 g/mol. The zero-order valence-corrected chi connectivity index (χ0v) is 13.7. The van der Waals surface area contributed by atoms with Crippen LogP contribution in [0.4, 0.5) is 0 Å². The van der Waals surface area contributed by atoms with Gasteiger partial charge in [0.15, 0.2) is 11.5 Å². The SMILES string of the molecule is CC(N[C@@H](C)c1cccc(Br)c1)c1ccc2c(c1)OCO2. The van der Waals surface area contributed by atoms with E-state index in [4.69, 9.17) is 9.47 Å². The molecule has 3 rings (SSSR count). The van der Waals surface area contributed by atoms with Crippen molar-refractivity contribution in [2.75, 3.05) is 6.79 Å². The van der Waals surface area contributed by atoms with Crippen molar-refractivity contribution in [3.05, 3.63) is 58.1 Å². The minimum absolute atomic E-state index is 0.230. The molecule has 1 aliphatic heterocycles. The van der Waals surface area contributed by atoms with Gasteiger partial charge in [0.2, 0.25) is 6.79 Å². The molecule has 0 amide bonds. The summed E-state index contributed by atoms with van der Waals surface area (Å²) in [5.41, 5.74) is 2.46. The minimum Gasteiger partial charge on any atom is -0.454 e. The predicted octanol–water partition coefficient (Wildman–Crippen LogP) is 4.59. The van der Waals surface area contributed by atoms with E-state index in [0.29, 0.717) is 6.79 Å². The van der Waals surface area contributed by atoms with E-state index in [1.54, 1.807) is 0 Å². The van der Waals surface area contributed by atoms with Crippen molar-refractivity contribution in [3.63, 3.8) is 0 Å². The van der Waals surface area contributed by atoms with Crippen molar-refractivity contribution in [2.24, 2.45) is 0 Å². The first kappa shape index (κ1) is 14.4. The lowest BCUT2D eigenvalue weighted by Crippen LogP contribution is -2.22. The Hall–Kier alpha value is -1.52. The van der Waals surface area contributed by atoms with Gasteiger partial charge in [-0.2, -0.15) is 0 Å². The first-order valence-corrected chi connectivity index (χ1v) is 7.84. The fraction of sp³-hybridized carbons (Fsp3) is 0.294. The number of hydrogen-bond donors (Lipinski definition) is 1. The molecule has 0 spiro atoms. The third-order valence-electron chi connectivity index (χ3n) is 3.75. The maximum atomic E-state index is 5.44. The highest BCUT2D eigenvalue weighted by Crippen LogP contribution is 2.34. The van der Waals surface area contributed by atoms with E-state index in [2.05, 4.69) is 59.4 Å². The topological polar surface area (TPSA) is 30.5 Å². The quantitative estimate of drug-likeness (QED) is 0.877. The largest absolute Gasteiger partial charge is 0.454 e. The number of halogens is 1. The molecule has 4 heteroatoms. The van der Waals surface area contributed by atoms with Crippen LogP contribution < -0.4 is 14.8 Å². The van der Waals surface area contributed by atoms with Crippen molar-refractivity contribution >= 4 is 15.9 Å². The fourth-order valence-electron chi connectivity index (χ4n) is 2.53. The zero-order chi connectivity index (χ0) is 14.8. The number of hydrogen-bond acceptors (Lipinski definition) is 3. The van der Waals surface area contributed by atoms with E-state index in [-0.39, 0.29) is 12.1 Å². The number of ether oxygens (including phenoxy) is 2. The molecule has 0 saturated heterocycles. The van der Waals surface area contributed by atoms with Crippen molar-refractivity contribution < 1.29 is 9.47 Å². The lowest BCUT2D eigenvalue weighted by molar-refractivity contribution is 0.174. The second kappa shape index (κ2) is 6.08. The molecule has 0 radical (unpaired) electrons. The molecule has 1 N–H and O–H groups in total. The summed E-state index contributed by atoms with van der Waals surface area (Å²) in [6, 6.07) is 15.0. The minimum atomic E-state index is 0.230. The second-order valence-corrected chi connectivity index (χ2v) is 6.19. The Bertz CT molecular complexity index is 644. The summed E-state index contributed by atoms with van der Waals surface area (Å²) in [5.74, 6) is 1.65. The van der Waals surface area contributed by atoms with E-state index >= 15 is 0 Å². The molecular weight excluding hydrogens is 330 g/mol. The van der Waals surface area contributed by atoms with Crippen LogP contribution in [-0.4, -0.2) is 6.79 Å². The summed E-state index contributed by atoms with van der Waals surface area (Å²) < 4.78 is 11.9. The normalized spacial score (nSPS) is 15.8. The molecule has 0 aromatic heterocycles. The molecule has 0 bridgehead atoms. The van der Waals surface area contributed by atoms with E-state index in [1.807, 2.05) is 18.2 Å². The summed E-state index contributed by atoms with van der Waals surface area (Å²) >= 11 is 3.52. The monoisotopic (exact) mass is 347 g/mol. The Morgan fingerprint density at radius 3 is 2.43 bits per heavy atom. The van der Waals surface area contributed by atoms with Crippen molar-refractivity contribution in [2.45, 2.75) is 25.9 Å². The Morgan fingerprint density at radius 2 is 1.67 bits per heavy atom. The molecule has 110 valence electrons. The van der Waals surface area contributed by atoms with Gasteiger partial charge >= 0.3 is 0 Å². The Labute approximate surface area is 133 Å². The van der Waals surface area contributed by atoms with Gasteiger partial charge < -0.3 is 14.8 Å². The molecule has 0 saturated carbocycles. The van der Waals surface area contributed by atoms with Gasteiger partial charge in [0.1, 0.15) is 0 Å². The molecule has 2 aromatic carbocycles. The molecule has 1 aliphatic rings. The van der Waals surface area contributed by atoms with Crippen LogP contribution in [0.3, 0.4) is 0 Å². The Morgan fingerprint density at radius 1 is 0.952 bits per heavy atom. The average Bonchev–Trinajstić information content (AvgIpc) is 2.94. The summed E-state index contributed by atoms with van der Waals surface area (Å²) in [4.78, 5) is 0. The third-order valence-corrected chi connectivity index (χ3v) is 4.24. The standard InChI is InChI=1S/C17H18BrNO2/c1-11(13-4-3-5-15(18)8-13)19-12(2)14-6-7-16-17(9-14)21-10-20-16/h3-9,11-12,19H,10H2,1-2H3/t11-,12?/m0/s1.